The number of amides is 1. The molecule has 3 aromatic rings. The molecule has 0 unspecified atom stereocenters. The molecular weight excluding hydrogens is 402 g/mol. The van der Waals surface area contributed by atoms with Crippen molar-refractivity contribution >= 4 is 23.3 Å². The topological polar surface area (TPSA) is 72.6 Å². The van der Waals surface area contributed by atoms with Gasteiger partial charge in [-0.2, -0.15) is 10.1 Å². The largest absolute Gasteiger partial charge is 0.490 e. The first kappa shape index (κ1) is 20.6. The Hall–Kier alpha value is -2.67. The van der Waals surface area contributed by atoms with E-state index in [2.05, 4.69) is 35.8 Å². The summed E-state index contributed by atoms with van der Waals surface area (Å²) in [5.74, 6) is 1.82. The molecule has 7 nitrogen and oxygen atoms in total. The maximum Gasteiger partial charge on any atom is 0.272 e. The standard InChI is InChI=1S/C22H26ClN5O2/c1-14-24-21-25-18(13-19(22(2,3)4)28(21)26-14)20(29)27-11-9-17(10-12-27)30-16-7-5-15(23)6-8-16/h5-8,13,17H,9-12H2,1-4H3. The van der Waals surface area contributed by atoms with E-state index in [4.69, 9.17) is 16.3 Å². The van der Waals surface area contributed by atoms with E-state index >= 15 is 0 Å². The third-order valence-corrected chi connectivity index (χ3v) is 5.50. The number of carbonyl (C=O) groups is 1. The summed E-state index contributed by atoms with van der Waals surface area (Å²) in [5.41, 5.74) is 1.13. The Kier molecular flexibility index (Phi) is 5.40. The van der Waals surface area contributed by atoms with Gasteiger partial charge in [0.2, 0.25) is 0 Å². The lowest BCUT2D eigenvalue weighted by Crippen LogP contribution is -2.42. The summed E-state index contributed by atoms with van der Waals surface area (Å²) in [6, 6.07) is 9.22. The summed E-state index contributed by atoms with van der Waals surface area (Å²) in [4.78, 5) is 23.9. The minimum Gasteiger partial charge on any atom is -0.490 e. The third-order valence-electron chi connectivity index (χ3n) is 5.25. The summed E-state index contributed by atoms with van der Waals surface area (Å²) in [5, 5.41) is 5.13. The molecule has 1 aliphatic heterocycles. The van der Waals surface area contributed by atoms with E-state index in [0.717, 1.165) is 24.3 Å². The van der Waals surface area contributed by atoms with Crippen LogP contribution < -0.4 is 4.74 Å². The highest BCUT2D eigenvalue weighted by Crippen LogP contribution is 2.25. The predicted molar refractivity (Wildman–Crippen MR) is 115 cm³/mol. The summed E-state index contributed by atoms with van der Waals surface area (Å²) >= 11 is 5.93. The van der Waals surface area contributed by atoms with Crippen molar-refractivity contribution in [2.45, 2.75) is 52.1 Å². The van der Waals surface area contributed by atoms with Gasteiger partial charge in [0, 0.05) is 36.4 Å². The first-order valence-electron chi connectivity index (χ1n) is 10.2. The molecule has 1 amide bonds. The molecule has 1 saturated heterocycles. The average Bonchev–Trinajstić information content (AvgIpc) is 3.08. The summed E-state index contributed by atoms with van der Waals surface area (Å²) in [6.45, 7) is 9.35. The Morgan fingerprint density at radius 2 is 1.80 bits per heavy atom. The van der Waals surface area contributed by atoms with Gasteiger partial charge in [0.05, 0.1) is 5.69 Å². The van der Waals surface area contributed by atoms with Crippen molar-refractivity contribution in [1.82, 2.24) is 24.5 Å². The molecule has 1 fully saturated rings. The van der Waals surface area contributed by atoms with Crippen LogP contribution >= 0.6 is 11.6 Å². The number of aryl methyl sites for hydroxylation is 1. The maximum atomic E-state index is 13.2. The molecule has 4 rings (SSSR count). The Balaban J connectivity index is 1.49. The molecule has 30 heavy (non-hydrogen) atoms. The highest BCUT2D eigenvalue weighted by molar-refractivity contribution is 6.30. The van der Waals surface area contributed by atoms with Gasteiger partial charge < -0.3 is 9.64 Å². The summed E-state index contributed by atoms with van der Waals surface area (Å²) in [7, 11) is 0. The minimum absolute atomic E-state index is 0.0754. The highest BCUT2D eigenvalue weighted by atomic mass is 35.5. The van der Waals surface area contributed by atoms with E-state index in [1.807, 2.05) is 42.2 Å². The van der Waals surface area contributed by atoms with Crippen molar-refractivity contribution in [3.05, 3.63) is 52.6 Å². The Morgan fingerprint density at radius 1 is 1.13 bits per heavy atom. The fourth-order valence-corrected chi connectivity index (χ4v) is 3.78. The van der Waals surface area contributed by atoms with Crippen LogP contribution in [0.4, 0.5) is 0 Å². The predicted octanol–water partition coefficient (Wildman–Crippen LogP) is 4.07. The third kappa shape index (κ3) is 4.26. The molecule has 1 aromatic carbocycles. The second-order valence-electron chi connectivity index (χ2n) is 8.71. The van der Waals surface area contributed by atoms with Crippen molar-refractivity contribution in [2.75, 3.05) is 13.1 Å². The van der Waals surface area contributed by atoms with Gasteiger partial charge in [-0.05, 0) is 37.3 Å². The van der Waals surface area contributed by atoms with Gasteiger partial charge in [-0.15, -0.1) is 0 Å². The average molecular weight is 428 g/mol. The van der Waals surface area contributed by atoms with Crippen LogP contribution in [-0.4, -0.2) is 49.6 Å². The molecule has 0 bridgehead atoms. The molecule has 8 heteroatoms. The normalized spacial score (nSPS) is 15.6. The molecule has 0 spiro atoms. The minimum atomic E-state index is -0.199. The van der Waals surface area contributed by atoms with Gasteiger partial charge in [0.25, 0.3) is 11.7 Å². The number of fused-ring (bicyclic) bond motifs is 1. The van der Waals surface area contributed by atoms with Crippen LogP contribution in [0.5, 0.6) is 5.75 Å². The van der Waals surface area contributed by atoms with E-state index in [-0.39, 0.29) is 17.4 Å². The molecule has 3 heterocycles. The smallest absolute Gasteiger partial charge is 0.272 e. The van der Waals surface area contributed by atoms with Gasteiger partial charge in [-0.1, -0.05) is 32.4 Å². The van der Waals surface area contributed by atoms with E-state index < -0.39 is 0 Å². The Bertz CT molecular complexity index is 1060. The second-order valence-corrected chi connectivity index (χ2v) is 9.15. The van der Waals surface area contributed by atoms with Crippen LogP contribution in [0.3, 0.4) is 0 Å². The van der Waals surface area contributed by atoms with Crippen molar-refractivity contribution in [2.24, 2.45) is 0 Å². The van der Waals surface area contributed by atoms with Crippen LogP contribution in [0, 0.1) is 6.92 Å². The lowest BCUT2D eigenvalue weighted by Gasteiger charge is -2.32. The number of hydrogen-bond donors (Lipinski definition) is 0. The van der Waals surface area contributed by atoms with Gasteiger partial charge in [0.15, 0.2) is 0 Å². The molecule has 1 aliphatic rings. The number of carbonyl (C=O) groups excluding carboxylic acids is 1. The second kappa shape index (κ2) is 7.87. The number of hydrogen-bond acceptors (Lipinski definition) is 5. The van der Waals surface area contributed by atoms with Crippen molar-refractivity contribution in [3.8, 4) is 5.75 Å². The van der Waals surface area contributed by atoms with Gasteiger partial charge in [-0.3, -0.25) is 4.79 Å². The van der Waals surface area contributed by atoms with Crippen molar-refractivity contribution in [3.63, 3.8) is 0 Å². The molecule has 0 atom stereocenters. The zero-order valence-electron chi connectivity index (χ0n) is 17.7. The number of rotatable bonds is 3. The number of halogens is 1. The number of aromatic nitrogens is 4. The zero-order valence-corrected chi connectivity index (χ0v) is 18.5. The van der Waals surface area contributed by atoms with Crippen LogP contribution in [0.1, 0.15) is 55.6 Å². The van der Waals surface area contributed by atoms with Gasteiger partial charge >= 0.3 is 0 Å². The number of benzene rings is 1. The van der Waals surface area contributed by atoms with E-state index in [1.54, 1.807) is 4.52 Å². The summed E-state index contributed by atoms with van der Waals surface area (Å²) in [6.07, 6.45) is 1.62. The van der Waals surface area contributed by atoms with Crippen LogP contribution in [0.2, 0.25) is 5.02 Å². The van der Waals surface area contributed by atoms with E-state index in [1.165, 1.54) is 0 Å². The van der Waals surface area contributed by atoms with E-state index in [0.29, 0.717) is 35.4 Å². The fraction of sp³-hybridized carbons (Fsp3) is 0.455. The van der Waals surface area contributed by atoms with Gasteiger partial charge in [0.1, 0.15) is 23.4 Å². The number of nitrogens with zero attached hydrogens (tertiary/aromatic N) is 5. The molecule has 0 saturated carbocycles. The van der Waals surface area contributed by atoms with E-state index in [9.17, 15) is 4.79 Å². The molecular formula is C22H26ClN5O2. The quantitative estimate of drug-likeness (QED) is 0.630. The lowest BCUT2D eigenvalue weighted by molar-refractivity contribution is 0.0590. The lowest BCUT2D eigenvalue weighted by atomic mass is 9.91. The number of piperidine rings is 1. The first-order chi connectivity index (χ1) is 14.2. The van der Waals surface area contributed by atoms with Gasteiger partial charge in [-0.25, -0.2) is 9.50 Å². The fourth-order valence-electron chi connectivity index (χ4n) is 3.66. The highest BCUT2D eigenvalue weighted by Gasteiger charge is 2.28. The maximum absolute atomic E-state index is 13.2. The van der Waals surface area contributed by atoms with Crippen LogP contribution in [-0.2, 0) is 5.41 Å². The van der Waals surface area contributed by atoms with Crippen LogP contribution in [0.15, 0.2) is 30.3 Å². The molecule has 158 valence electrons. The van der Waals surface area contributed by atoms with Crippen molar-refractivity contribution < 1.29 is 9.53 Å². The SMILES string of the molecule is Cc1nc2nc(C(=O)N3CCC(Oc4ccc(Cl)cc4)CC3)cc(C(C)(C)C)n2n1. The number of ether oxygens (including phenoxy) is 1. The Morgan fingerprint density at radius 3 is 2.43 bits per heavy atom. The van der Waals surface area contributed by atoms with Crippen LogP contribution in [0.25, 0.3) is 5.78 Å². The summed E-state index contributed by atoms with van der Waals surface area (Å²) < 4.78 is 7.77. The molecule has 0 radical (unpaired) electrons. The monoisotopic (exact) mass is 427 g/mol. The van der Waals surface area contributed by atoms with Crippen molar-refractivity contribution in [1.29, 1.82) is 0 Å². The zero-order chi connectivity index (χ0) is 21.5. The Labute approximate surface area is 181 Å². The first-order valence-corrected chi connectivity index (χ1v) is 10.5. The number of likely N-dealkylation sites (tertiary alicyclic amines) is 1. The molecule has 0 N–H and O–H groups in total. The molecule has 0 aliphatic carbocycles. The molecule has 2 aromatic heterocycles.